The SMILES string of the molecule is O=C(C=Cc1cnccc1-c1cnn(C2CC2)c1)Nc1ccc2c(c1)CNCC2. The van der Waals surface area contributed by atoms with E-state index in [1.54, 1.807) is 18.5 Å². The van der Waals surface area contributed by atoms with Crippen LogP contribution in [0.4, 0.5) is 5.69 Å². The van der Waals surface area contributed by atoms with E-state index in [1.807, 2.05) is 29.1 Å². The van der Waals surface area contributed by atoms with Crippen LogP contribution in [-0.4, -0.2) is 27.2 Å². The molecule has 0 unspecified atom stereocenters. The molecular formula is C23H23N5O. The summed E-state index contributed by atoms with van der Waals surface area (Å²) in [5.41, 5.74) is 6.38. The molecule has 1 aliphatic carbocycles. The topological polar surface area (TPSA) is 71.8 Å². The van der Waals surface area contributed by atoms with Crippen LogP contribution in [0.25, 0.3) is 17.2 Å². The molecule has 1 aliphatic heterocycles. The fraction of sp³-hybridized carbons (Fsp3) is 0.261. The van der Waals surface area contributed by atoms with Crippen molar-refractivity contribution in [2.75, 3.05) is 11.9 Å². The maximum absolute atomic E-state index is 12.5. The van der Waals surface area contributed by atoms with Gasteiger partial charge in [-0.1, -0.05) is 6.07 Å². The maximum atomic E-state index is 12.5. The highest BCUT2D eigenvalue weighted by atomic mass is 16.1. The lowest BCUT2D eigenvalue weighted by molar-refractivity contribution is -0.111. The van der Waals surface area contributed by atoms with E-state index in [-0.39, 0.29) is 5.91 Å². The Balaban J connectivity index is 1.31. The van der Waals surface area contributed by atoms with Crippen LogP contribution < -0.4 is 10.6 Å². The molecule has 2 aliphatic rings. The first-order valence-corrected chi connectivity index (χ1v) is 10.1. The monoisotopic (exact) mass is 385 g/mol. The molecule has 1 aromatic carbocycles. The Kier molecular flexibility index (Phi) is 4.69. The average molecular weight is 385 g/mol. The van der Waals surface area contributed by atoms with E-state index in [4.69, 9.17) is 0 Å². The standard InChI is InChI=1S/C23H23N5O/c29-23(27-20-3-1-16-7-9-24-13-18(16)11-20)6-2-17-12-25-10-8-22(17)19-14-26-28(15-19)21-4-5-21/h1-3,6,8,10-12,14-15,21,24H,4-5,7,9,13H2,(H,27,29). The lowest BCUT2D eigenvalue weighted by Crippen LogP contribution is -2.23. The van der Waals surface area contributed by atoms with E-state index in [9.17, 15) is 4.79 Å². The van der Waals surface area contributed by atoms with Gasteiger partial charge in [0, 0.05) is 48.0 Å². The Labute approximate surface area is 169 Å². The molecular weight excluding hydrogens is 362 g/mol. The number of hydrogen-bond acceptors (Lipinski definition) is 4. The predicted octanol–water partition coefficient (Wildman–Crippen LogP) is 3.58. The second-order valence-electron chi connectivity index (χ2n) is 7.64. The first-order chi connectivity index (χ1) is 14.3. The highest BCUT2D eigenvalue weighted by Crippen LogP contribution is 2.35. The van der Waals surface area contributed by atoms with Gasteiger partial charge in [0.05, 0.1) is 12.2 Å². The molecule has 6 heteroatoms. The number of anilines is 1. The summed E-state index contributed by atoms with van der Waals surface area (Å²) >= 11 is 0. The number of aromatic nitrogens is 3. The van der Waals surface area contributed by atoms with E-state index in [2.05, 4.69) is 39.0 Å². The van der Waals surface area contributed by atoms with Crippen molar-refractivity contribution in [2.24, 2.45) is 0 Å². The third kappa shape index (κ3) is 3.98. The number of nitrogens with zero attached hydrogens (tertiary/aromatic N) is 3. The number of amides is 1. The highest BCUT2D eigenvalue weighted by Gasteiger charge is 2.24. The van der Waals surface area contributed by atoms with Gasteiger partial charge in [-0.2, -0.15) is 5.10 Å². The van der Waals surface area contributed by atoms with Crippen LogP contribution in [-0.2, 0) is 17.8 Å². The molecule has 3 aromatic rings. The predicted molar refractivity (Wildman–Crippen MR) is 113 cm³/mol. The zero-order valence-corrected chi connectivity index (χ0v) is 16.1. The number of carbonyl (C=O) groups excluding carboxylic acids is 1. The molecule has 2 N–H and O–H groups in total. The van der Waals surface area contributed by atoms with Crippen molar-refractivity contribution in [1.29, 1.82) is 0 Å². The Morgan fingerprint density at radius 2 is 2.14 bits per heavy atom. The zero-order valence-electron chi connectivity index (χ0n) is 16.1. The second kappa shape index (κ2) is 7.64. The molecule has 6 nitrogen and oxygen atoms in total. The quantitative estimate of drug-likeness (QED) is 0.659. The van der Waals surface area contributed by atoms with E-state index in [1.165, 1.54) is 24.0 Å². The van der Waals surface area contributed by atoms with Crippen LogP contribution in [0.15, 0.2) is 55.1 Å². The van der Waals surface area contributed by atoms with Crippen molar-refractivity contribution in [3.63, 3.8) is 0 Å². The third-order valence-electron chi connectivity index (χ3n) is 5.46. The molecule has 0 bridgehead atoms. The van der Waals surface area contributed by atoms with Crippen LogP contribution in [0.5, 0.6) is 0 Å². The molecule has 5 rings (SSSR count). The first-order valence-electron chi connectivity index (χ1n) is 10.1. The van der Waals surface area contributed by atoms with Gasteiger partial charge in [-0.25, -0.2) is 0 Å². The summed E-state index contributed by atoms with van der Waals surface area (Å²) < 4.78 is 2.03. The van der Waals surface area contributed by atoms with Crippen molar-refractivity contribution >= 4 is 17.7 Å². The lowest BCUT2D eigenvalue weighted by Gasteiger charge is -2.17. The van der Waals surface area contributed by atoms with Crippen LogP contribution >= 0.6 is 0 Å². The van der Waals surface area contributed by atoms with Gasteiger partial charge in [0.2, 0.25) is 5.91 Å². The first kappa shape index (κ1) is 17.8. The van der Waals surface area contributed by atoms with Gasteiger partial charge in [0.25, 0.3) is 0 Å². The van der Waals surface area contributed by atoms with Gasteiger partial charge >= 0.3 is 0 Å². The Hall–Kier alpha value is -3.25. The molecule has 3 heterocycles. The summed E-state index contributed by atoms with van der Waals surface area (Å²) in [5, 5.41) is 10.8. The summed E-state index contributed by atoms with van der Waals surface area (Å²) in [4.78, 5) is 16.7. The van der Waals surface area contributed by atoms with Gasteiger partial charge < -0.3 is 10.6 Å². The fourth-order valence-electron chi connectivity index (χ4n) is 3.73. The number of rotatable bonds is 5. The minimum atomic E-state index is -0.155. The van der Waals surface area contributed by atoms with Crippen molar-refractivity contribution in [3.8, 4) is 11.1 Å². The number of nitrogens with one attached hydrogen (secondary N) is 2. The molecule has 2 aromatic heterocycles. The minimum absolute atomic E-state index is 0.155. The van der Waals surface area contributed by atoms with Crippen LogP contribution in [0.3, 0.4) is 0 Å². The highest BCUT2D eigenvalue weighted by molar-refractivity contribution is 6.02. The molecule has 1 amide bonds. The number of benzene rings is 1. The van der Waals surface area contributed by atoms with E-state index in [0.29, 0.717) is 6.04 Å². The van der Waals surface area contributed by atoms with Gasteiger partial charge in [0.1, 0.15) is 0 Å². The lowest BCUT2D eigenvalue weighted by atomic mass is 10.0. The summed E-state index contributed by atoms with van der Waals surface area (Å²) in [6.45, 7) is 1.86. The largest absolute Gasteiger partial charge is 0.323 e. The second-order valence-corrected chi connectivity index (χ2v) is 7.64. The summed E-state index contributed by atoms with van der Waals surface area (Å²) in [5.74, 6) is -0.155. The molecule has 29 heavy (non-hydrogen) atoms. The Morgan fingerprint density at radius 1 is 1.21 bits per heavy atom. The van der Waals surface area contributed by atoms with Crippen molar-refractivity contribution in [2.45, 2.75) is 31.8 Å². The Morgan fingerprint density at radius 3 is 3.03 bits per heavy atom. The van der Waals surface area contributed by atoms with Crippen LogP contribution in [0.1, 0.15) is 35.6 Å². The molecule has 0 atom stereocenters. The van der Waals surface area contributed by atoms with Gasteiger partial charge in [-0.3, -0.25) is 14.5 Å². The number of fused-ring (bicyclic) bond motifs is 1. The van der Waals surface area contributed by atoms with E-state index >= 15 is 0 Å². The number of carbonyl (C=O) groups is 1. The average Bonchev–Trinajstić information content (AvgIpc) is 3.49. The van der Waals surface area contributed by atoms with Crippen molar-refractivity contribution < 1.29 is 4.79 Å². The zero-order chi connectivity index (χ0) is 19.6. The van der Waals surface area contributed by atoms with Gasteiger partial charge in [0.15, 0.2) is 0 Å². The normalized spacial score (nSPS) is 16.0. The maximum Gasteiger partial charge on any atom is 0.248 e. The number of hydrogen-bond donors (Lipinski definition) is 2. The Bertz CT molecular complexity index is 1080. The summed E-state index contributed by atoms with van der Waals surface area (Å²) in [6.07, 6.45) is 14.3. The van der Waals surface area contributed by atoms with Crippen molar-refractivity contribution in [1.82, 2.24) is 20.1 Å². The van der Waals surface area contributed by atoms with Gasteiger partial charge in [-0.05, 0) is 66.8 Å². The summed E-state index contributed by atoms with van der Waals surface area (Å²) in [7, 11) is 0. The van der Waals surface area contributed by atoms with E-state index in [0.717, 1.165) is 41.9 Å². The van der Waals surface area contributed by atoms with Crippen LogP contribution in [0.2, 0.25) is 0 Å². The smallest absolute Gasteiger partial charge is 0.248 e. The molecule has 1 saturated carbocycles. The molecule has 0 radical (unpaired) electrons. The number of pyridine rings is 1. The van der Waals surface area contributed by atoms with Crippen LogP contribution in [0, 0.1) is 0 Å². The molecule has 0 spiro atoms. The van der Waals surface area contributed by atoms with E-state index < -0.39 is 0 Å². The minimum Gasteiger partial charge on any atom is -0.323 e. The molecule has 0 saturated heterocycles. The fourth-order valence-corrected chi connectivity index (χ4v) is 3.73. The third-order valence-corrected chi connectivity index (χ3v) is 5.46. The van der Waals surface area contributed by atoms with Crippen molar-refractivity contribution in [3.05, 3.63) is 71.8 Å². The summed E-state index contributed by atoms with van der Waals surface area (Å²) in [6, 6.07) is 8.63. The molecule has 1 fully saturated rings. The molecule has 146 valence electrons. The van der Waals surface area contributed by atoms with Gasteiger partial charge in [-0.15, -0.1) is 0 Å².